The number of rotatable bonds is 9. The normalized spacial score (nSPS) is 14.1. The maximum Gasteiger partial charge on any atom is 0.336 e. The topological polar surface area (TPSA) is 137 Å². The number of phenolic OH excluding ortho intramolecular Hbond substituents is 2. The van der Waals surface area contributed by atoms with Crippen LogP contribution in [0.15, 0.2) is 36.4 Å². The highest BCUT2D eigenvalue weighted by Gasteiger charge is 2.44. The summed E-state index contributed by atoms with van der Waals surface area (Å²) >= 11 is 0. The van der Waals surface area contributed by atoms with Crippen molar-refractivity contribution >= 4 is 5.97 Å². The van der Waals surface area contributed by atoms with E-state index in [1.54, 1.807) is 6.07 Å². The van der Waals surface area contributed by atoms with Gasteiger partial charge in [0.15, 0.2) is 28.6 Å². The molecule has 0 bridgehead atoms. The third kappa shape index (κ3) is 4.47. The molecule has 0 heterocycles. The van der Waals surface area contributed by atoms with E-state index < -0.39 is 24.1 Å². The van der Waals surface area contributed by atoms with Crippen LogP contribution >= 0.6 is 0 Å². The van der Waals surface area contributed by atoms with Gasteiger partial charge in [0.1, 0.15) is 0 Å². The number of aliphatic carboxylic acids is 1. The molecule has 0 amide bonds. The Hall–Kier alpha value is -2.97. The molecular formula is C20H24O8. The van der Waals surface area contributed by atoms with E-state index in [-0.39, 0.29) is 35.8 Å². The summed E-state index contributed by atoms with van der Waals surface area (Å²) in [5.41, 5.74) is -1.28. The van der Waals surface area contributed by atoms with Crippen LogP contribution in [0, 0.1) is 5.92 Å². The molecule has 2 aromatic carbocycles. The monoisotopic (exact) mass is 392 g/mol. The van der Waals surface area contributed by atoms with Crippen molar-refractivity contribution in [1.29, 1.82) is 0 Å². The molecule has 8 nitrogen and oxygen atoms in total. The number of phenols is 2. The van der Waals surface area contributed by atoms with Gasteiger partial charge >= 0.3 is 5.97 Å². The van der Waals surface area contributed by atoms with E-state index in [4.69, 9.17) is 9.47 Å². The Morgan fingerprint density at radius 3 is 1.96 bits per heavy atom. The first kappa shape index (κ1) is 21.3. The molecular weight excluding hydrogens is 368 g/mol. The van der Waals surface area contributed by atoms with Gasteiger partial charge in [0.25, 0.3) is 0 Å². The number of hydrogen-bond acceptors (Lipinski definition) is 7. The van der Waals surface area contributed by atoms with Crippen LogP contribution in [0.5, 0.6) is 23.0 Å². The average Bonchev–Trinajstić information content (AvgIpc) is 2.68. The Morgan fingerprint density at radius 1 is 1.00 bits per heavy atom. The summed E-state index contributed by atoms with van der Waals surface area (Å²) in [7, 11) is 2.74. The number of aliphatic hydroxyl groups is 2. The van der Waals surface area contributed by atoms with Crippen LogP contribution < -0.4 is 9.47 Å². The lowest BCUT2D eigenvalue weighted by molar-refractivity contribution is -0.167. The lowest BCUT2D eigenvalue weighted by Gasteiger charge is -2.32. The van der Waals surface area contributed by atoms with Crippen LogP contribution in [-0.4, -0.2) is 57.9 Å². The molecule has 0 spiro atoms. The third-order valence-corrected chi connectivity index (χ3v) is 4.71. The number of carbonyl (C=O) groups is 1. The molecule has 0 fully saturated rings. The molecule has 2 unspecified atom stereocenters. The Balaban J connectivity index is 2.34. The van der Waals surface area contributed by atoms with E-state index >= 15 is 0 Å². The first-order chi connectivity index (χ1) is 13.2. The number of carboxylic acids is 1. The molecule has 2 aromatic rings. The lowest BCUT2D eigenvalue weighted by atomic mass is 9.79. The van der Waals surface area contributed by atoms with Crippen LogP contribution in [0.1, 0.15) is 11.1 Å². The van der Waals surface area contributed by atoms with Crippen LogP contribution in [0.3, 0.4) is 0 Å². The second-order valence-corrected chi connectivity index (χ2v) is 6.50. The Labute approximate surface area is 162 Å². The Bertz CT molecular complexity index is 835. The number of ether oxygens (including phenoxy) is 2. The van der Waals surface area contributed by atoms with Crippen molar-refractivity contribution in [3.63, 3.8) is 0 Å². The van der Waals surface area contributed by atoms with Crippen LogP contribution in [0.2, 0.25) is 0 Å². The van der Waals surface area contributed by atoms with Crippen LogP contribution in [0.25, 0.3) is 0 Å². The van der Waals surface area contributed by atoms with Gasteiger partial charge in [0, 0.05) is 18.9 Å². The minimum atomic E-state index is -2.28. The van der Waals surface area contributed by atoms with Gasteiger partial charge in [-0.05, 0) is 41.8 Å². The SMILES string of the molecule is COc1cc(CC(CO)C(O)(Cc2ccc(O)c(OC)c2)C(=O)O)ccc1O. The molecule has 0 aliphatic heterocycles. The van der Waals surface area contributed by atoms with Crippen molar-refractivity contribution in [2.75, 3.05) is 20.8 Å². The maximum atomic E-state index is 11.9. The highest BCUT2D eigenvalue weighted by atomic mass is 16.5. The Morgan fingerprint density at radius 2 is 1.50 bits per heavy atom. The summed E-state index contributed by atoms with van der Waals surface area (Å²) in [6.45, 7) is -0.582. The highest BCUT2D eigenvalue weighted by Crippen LogP contribution is 2.33. The van der Waals surface area contributed by atoms with E-state index in [9.17, 15) is 30.3 Å². The van der Waals surface area contributed by atoms with Gasteiger partial charge in [-0.15, -0.1) is 0 Å². The second kappa shape index (κ2) is 8.81. The summed E-state index contributed by atoms with van der Waals surface area (Å²) in [5.74, 6) is -2.36. The van der Waals surface area contributed by atoms with E-state index in [0.29, 0.717) is 11.1 Å². The largest absolute Gasteiger partial charge is 0.504 e. The zero-order valence-corrected chi connectivity index (χ0v) is 15.6. The van der Waals surface area contributed by atoms with Gasteiger partial charge < -0.3 is 35.0 Å². The van der Waals surface area contributed by atoms with E-state index in [2.05, 4.69) is 0 Å². The summed E-state index contributed by atoms with van der Waals surface area (Å²) in [5, 5.41) is 49.8. The molecule has 8 heteroatoms. The fourth-order valence-electron chi connectivity index (χ4n) is 3.06. The predicted octanol–water partition coefficient (Wildman–Crippen LogP) is 1.32. The minimum Gasteiger partial charge on any atom is -0.504 e. The Kier molecular flexibility index (Phi) is 6.71. The smallest absolute Gasteiger partial charge is 0.336 e. The van der Waals surface area contributed by atoms with Crippen molar-refractivity contribution < 1.29 is 39.8 Å². The number of aromatic hydroxyl groups is 2. The fourth-order valence-corrected chi connectivity index (χ4v) is 3.06. The minimum absolute atomic E-state index is 0.0329. The van der Waals surface area contributed by atoms with Gasteiger partial charge in [-0.1, -0.05) is 12.1 Å². The van der Waals surface area contributed by atoms with Gasteiger partial charge in [-0.2, -0.15) is 0 Å². The number of aliphatic hydroxyl groups excluding tert-OH is 1. The van der Waals surface area contributed by atoms with Crippen molar-refractivity contribution in [3.05, 3.63) is 47.5 Å². The summed E-state index contributed by atoms with van der Waals surface area (Å²) in [6.07, 6.45) is -0.273. The molecule has 5 N–H and O–H groups in total. The van der Waals surface area contributed by atoms with Crippen molar-refractivity contribution in [3.8, 4) is 23.0 Å². The second-order valence-electron chi connectivity index (χ2n) is 6.50. The zero-order valence-electron chi connectivity index (χ0n) is 15.6. The van der Waals surface area contributed by atoms with Gasteiger partial charge in [-0.3, -0.25) is 0 Å². The highest BCUT2D eigenvalue weighted by molar-refractivity contribution is 5.78. The summed E-state index contributed by atoms with van der Waals surface area (Å²) < 4.78 is 10.1. The standard InChI is InChI=1S/C20H24O8/c1-27-17-8-12(3-5-15(17)22)7-14(11-21)20(26,19(24)25)10-13-4-6-16(23)18(9-13)28-2/h3-6,8-9,14,21-23,26H,7,10-11H2,1-2H3,(H,24,25). The number of hydrogen-bond donors (Lipinski definition) is 5. The van der Waals surface area contributed by atoms with Gasteiger partial charge in [0.05, 0.1) is 14.2 Å². The molecule has 2 rings (SSSR count). The van der Waals surface area contributed by atoms with Crippen LogP contribution in [0.4, 0.5) is 0 Å². The number of methoxy groups -OCH3 is 2. The fraction of sp³-hybridized carbons (Fsp3) is 0.350. The van der Waals surface area contributed by atoms with Crippen molar-refractivity contribution in [2.45, 2.75) is 18.4 Å². The van der Waals surface area contributed by atoms with Crippen molar-refractivity contribution in [2.24, 2.45) is 5.92 Å². The van der Waals surface area contributed by atoms with Crippen LogP contribution in [-0.2, 0) is 17.6 Å². The molecule has 0 aliphatic carbocycles. The molecule has 0 saturated carbocycles. The van der Waals surface area contributed by atoms with E-state index in [0.717, 1.165) is 0 Å². The first-order valence-electron chi connectivity index (χ1n) is 8.53. The number of benzene rings is 2. The number of carboxylic acid groups (broad SMARTS) is 1. The summed E-state index contributed by atoms with van der Waals surface area (Å²) in [4.78, 5) is 11.9. The molecule has 0 aromatic heterocycles. The van der Waals surface area contributed by atoms with E-state index in [1.165, 1.54) is 44.6 Å². The quantitative estimate of drug-likeness (QED) is 0.431. The molecule has 0 aliphatic rings. The zero-order chi connectivity index (χ0) is 20.9. The van der Waals surface area contributed by atoms with Crippen molar-refractivity contribution in [1.82, 2.24) is 0 Å². The summed E-state index contributed by atoms with van der Waals surface area (Å²) in [6, 6.07) is 8.73. The molecule has 152 valence electrons. The molecule has 2 atom stereocenters. The lowest BCUT2D eigenvalue weighted by Crippen LogP contribution is -2.50. The van der Waals surface area contributed by atoms with E-state index in [1.807, 2.05) is 0 Å². The first-order valence-corrected chi connectivity index (χ1v) is 8.53. The third-order valence-electron chi connectivity index (χ3n) is 4.71. The molecule has 0 radical (unpaired) electrons. The molecule has 28 heavy (non-hydrogen) atoms. The average molecular weight is 392 g/mol. The molecule has 0 saturated heterocycles. The van der Waals surface area contributed by atoms with Gasteiger partial charge in [0.2, 0.25) is 0 Å². The van der Waals surface area contributed by atoms with Gasteiger partial charge in [-0.25, -0.2) is 4.79 Å². The predicted molar refractivity (Wildman–Crippen MR) is 99.9 cm³/mol. The maximum absolute atomic E-state index is 11.9.